The Hall–Kier alpha value is -0.430. The predicted octanol–water partition coefficient (Wildman–Crippen LogP) is 5.49. The van der Waals surface area contributed by atoms with Gasteiger partial charge in [0.15, 0.2) is 11.6 Å². The lowest BCUT2D eigenvalue weighted by atomic mass is 10.3. The highest BCUT2D eigenvalue weighted by Crippen LogP contribution is 2.38. The number of anilines is 3. The van der Waals surface area contributed by atoms with Crippen molar-refractivity contribution in [1.82, 2.24) is 4.98 Å². The van der Waals surface area contributed by atoms with Crippen molar-refractivity contribution in [2.45, 2.75) is 0 Å². The first-order chi connectivity index (χ1) is 9.43. The Labute approximate surface area is 143 Å². The molecule has 2 rings (SSSR count). The molecule has 0 aliphatic rings. The van der Waals surface area contributed by atoms with Crippen LogP contribution in [-0.2, 0) is 0 Å². The third-order valence-corrected chi connectivity index (χ3v) is 4.70. The van der Waals surface area contributed by atoms with E-state index in [1.165, 1.54) is 6.07 Å². The van der Waals surface area contributed by atoms with Crippen molar-refractivity contribution in [3.05, 3.63) is 42.8 Å². The number of hydrogen-bond donors (Lipinski definition) is 3. The maximum absolute atomic E-state index is 6.14. The number of pyridine rings is 1. The zero-order chi connectivity index (χ0) is 14.9. The van der Waals surface area contributed by atoms with Gasteiger partial charge in [-0.3, -0.25) is 0 Å². The van der Waals surface area contributed by atoms with Gasteiger partial charge in [-0.05, 0) is 34.1 Å². The van der Waals surface area contributed by atoms with Crippen molar-refractivity contribution in [1.29, 1.82) is 0 Å². The van der Waals surface area contributed by atoms with Gasteiger partial charge in [-0.25, -0.2) is 10.8 Å². The molecule has 0 fully saturated rings. The van der Waals surface area contributed by atoms with Crippen LogP contribution in [0.15, 0.2) is 22.7 Å². The minimum Gasteiger partial charge on any atom is -0.338 e. The molecular weight excluding hydrogens is 410 g/mol. The van der Waals surface area contributed by atoms with E-state index in [0.717, 1.165) is 0 Å². The minimum absolute atomic E-state index is 0.290. The number of hydrazine groups is 1. The van der Waals surface area contributed by atoms with Gasteiger partial charge in [0.25, 0.3) is 0 Å². The second-order valence-corrected chi connectivity index (χ2v) is 6.07. The number of nitrogens with zero attached hydrogens (tertiary/aromatic N) is 1. The smallest absolute Gasteiger partial charge is 0.161 e. The molecule has 0 bridgehead atoms. The van der Waals surface area contributed by atoms with Gasteiger partial charge in [-0.1, -0.05) is 46.4 Å². The van der Waals surface area contributed by atoms with Crippen molar-refractivity contribution in [2.75, 3.05) is 10.7 Å². The van der Waals surface area contributed by atoms with Gasteiger partial charge in [0, 0.05) is 4.47 Å². The van der Waals surface area contributed by atoms with Crippen molar-refractivity contribution < 1.29 is 0 Å². The molecule has 9 heteroatoms. The molecule has 2 aromatic rings. The summed E-state index contributed by atoms with van der Waals surface area (Å²) in [4.78, 5) is 4.15. The lowest BCUT2D eigenvalue weighted by molar-refractivity contribution is 1.22. The van der Waals surface area contributed by atoms with Crippen LogP contribution in [0.1, 0.15) is 0 Å². The summed E-state index contributed by atoms with van der Waals surface area (Å²) < 4.78 is 0.689. The summed E-state index contributed by atoms with van der Waals surface area (Å²) in [5.41, 5.74) is 2.93. The maximum atomic E-state index is 6.14. The fourth-order valence-corrected chi connectivity index (χ4v) is 2.69. The van der Waals surface area contributed by atoms with E-state index in [2.05, 4.69) is 31.7 Å². The highest BCUT2D eigenvalue weighted by atomic mass is 79.9. The van der Waals surface area contributed by atoms with Crippen LogP contribution in [0.3, 0.4) is 0 Å². The second kappa shape index (κ2) is 6.56. The Balaban J connectivity index is 2.42. The molecule has 0 atom stereocenters. The lowest BCUT2D eigenvalue weighted by Gasteiger charge is -2.13. The second-order valence-electron chi connectivity index (χ2n) is 3.64. The van der Waals surface area contributed by atoms with E-state index >= 15 is 0 Å². The van der Waals surface area contributed by atoms with E-state index in [0.29, 0.717) is 36.1 Å². The number of nitrogens with two attached hydrogens (primary N) is 1. The molecule has 20 heavy (non-hydrogen) atoms. The summed E-state index contributed by atoms with van der Waals surface area (Å²) in [7, 11) is 0. The van der Waals surface area contributed by atoms with Crippen LogP contribution in [0.2, 0.25) is 20.1 Å². The van der Waals surface area contributed by atoms with Crippen LogP contribution in [0.5, 0.6) is 0 Å². The normalized spacial score (nSPS) is 10.5. The SMILES string of the molecule is NNc1nc(Nc2ccc(Br)c(Cl)c2Cl)c(Cl)cc1Cl. The van der Waals surface area contributed by atoms with Crippen molar-refractivity contribution in [3.8, 4) is 0 Å². The molecule has 1 aromatic carbocycles. The molecule has 0 amide bonds. The van der Waals surface area contributed by atoms with E-state index in [1.807, 2.05) is 0 Å². The summed E-state index contributed by atoms with van der Waals surface area (Å²) in [6, 6.07) is 5.00. The third-order valence-electron chi connectivity index (χ3n) is 2.35. The average molecular weight is 417 g/mol. The topological polar surface area (TPSA) is 63.0 Å². The first-order valence-electron chi connectivity index (χ1n) is 5.17. The molecule has 4 nitrogen and oxygen atoms in total. The van der Waals surface area contributed by atoms with Crippen LogP contribution in [0.25, 0.3) is 0 Å². The van der Waals surface area contributed by atoms with E-state index in [4.69, 9.17) is 52.2 Å². The zero-order valence-electron chi connectivity index (χ0n) is 9.65. The number of benzene rings is 1. The number of nitrogens with one attached hydrogen (secondary N) is 2. The number of rotatable bonds is 3. The largest absolute Gasteiger partial charge is 0.338 e. The van der Waals surface area contributed by atoms with Crippen LogP contribution >= 0.6 is 62.3 Å². The first kappa shape index (κ1) is 15.9. The summed E-state index contributed by atoms with van der Waals surface area (Å²) in [5.74, 6) is 5.96. The Bertz CT molecular complexity index is 665. The number of aromatic nitrogens is 1. The van der Waals surface area contributed by atoms with Gasteiger partial charge >= 0.3 is 0 Å². The molecule has 0 radical (unpaired) electrons. The Morgan fingerprint density at radius 1 is 1.00 bits per heavy atom. The minimum atomic E-state index is 0.290. The summed E-state index contributed by atoms with van der Waals surface area (Å²) in [6.07, 6.45) is 0. The molecule has 0 spiro atoms. The summed E-state index contributed by atoms with van der Waals surface area (Å²) in [5, 5.41) is 4.34. The van der Waals surface area contributed by atoms with Gasteiger partial charge in [0.2, 0.25) is 0 Å². The van der Waals surface area contributed by atoms with Crippen LogP contribution in [-0.4, -0.2) is 4.98 Å². The van der Waals surface area contributed by atoms with Gasteiger partial charge in [0.05, 0.1) is 25.8 Å². The van der Waals surface area contributed by atoms with Crippen LogP contribution < -0.4 is 16.6 Å². The molecule has 0 aliphatic heterocycles. The highest BCUT2D eigenvalue weighted by molar-refractivity contribution is 9.10. The molecule has 0 saturated carbocycles. The quantitative estimate of drug-likeness (QED) is 0.352. The lowest BCUT2D eigenvalue weighted by Crippen LogP contribution is -2.10. The van der Waals surface area contributed by atoms with E-state index in [-0.39, 0.29) is 5.82 Å². The predicted molar refractivity (Wildman–Crippen MR) is 89.5 cm³/mol. The van der Waals surface area contributed by atoms with Crippen molar-refractivity contribution in [2.24, 2.45) is 5.84 Å². The molecule has 106 valence electrons. The maximum Gasteiger partial charge on any atom is 0.161 e. The molecule has 4 N–H and O–H groups in total. The Morgan fingerprint density at radius 2 is 1.65 bits per heavy atom. The van der Waals surface area contributed by atoms with Crippen molar-refractivity contribution in [3.63, 3.8) is 0 Å². The van der Waals surface area contributed by atoms with Gasteiger partial charge in [-0.2, -0.15) is 0 Å². The number of hydrogen-bond acceptors (Lipinski definition) is 4. The molecular formula is C11H7BrCl4N4. The van der Waals surface area contributed by atoms with Gasteiger partial charge < -0.3 is 10.7 Å². The van der Waals surface area contributed by atoms with Crippen LogP contribution in [0, 0.1) is 0 Å². The number of halogens is 5. The highest BCUT2D eigenvalue weighted by Gasteiger charge is 2.13. The molecule has 1 aromatic heterocycles. The monoisotopic (exact) mass is 414 g/mol. The van der Waals surface area contributed by atoms with Gasteiger partial charge in [0.1, 0.15) is 0 Å². The Morgan fingerprint density at radius 3 is 2.30 bits per heavy atom. The number of nitrogen functional groups attached to an aromatic ring is 1. The van der Waals surface area contributed by atoms with Gasteiger partial charge in [-0.15, -0.1) is 0 Å². The molecule has 0 unspecified atom stereocenters. The van der Waals surface area contributed by atoms with E-state index in [9.17, 15) is 0 Å². The Kier molecular flexibility index (Phi) is 5.23. The standard InChI is InChI=1S/C11H7BrCl4N4/c12-4-1-2-7(9(16)8(4)15)18-10-5(13)3-6(14)11(19-10)20-17/h1-3H,17H2,(H2,18,19,20). The zero-order valence-corrected chi connectivity index (χ0v) is 14.3. The van der Waals surface area contributed by atoms with E-state index in [1.54, 1.807) is 12.1 Å². The van der Waals surface area contributed by atoms with Crippen LogP contribution in [0.4, 0.5) is 17.3 Å². The third kappa shape index (κ3) is 3.24. The summed E-state index contributed by atoms with van der Waals surface area (Å²) in [6.45, 7) is 0. The summed E-state index contributed by atoms with van der Waals surface area (Å²) >= 11 is 27.5. The fourth-order valence-electron chi connectivity index (χ4n) is 1.41. The fraction of sp³-hybridized carbons (Fsp3) is 0. The first-order valence-corrected chi connectivity index (χ1v) is 7.47. The molecule has 1 heterocycles. The van der Waals surface area contributed by atoms with E-state index < -0.39 is 0 Å². The van der Waals surface area contributed by atoms with Crippen molar-refractivity contribution >= 4 is 79.7 Å². The molecule has 0 saturated heterocycles. The average Bonchev–Trinajstić information content (AvgIpc) is 2.42. The molecule has 0 aliphatic carbocycles.